The van der Waals surface area contributed by atoms with Crippen molar-refractivity contribution >= 4 is 23.2 Å². The normalized spacial score (nSPS) is 11.5. The van der Waals surface area contributed by atoms with Gasteiger partial charge in [-0.3, -0.25) is 19.6 Å². The Morgan fingerprint density at radius 3 is 1.10 bits per heavy atom. The zero-order valence-corrected chi connectivity index (χ0v) is 21.3. The lowest BCUT2D eigenvalue weighted by molar-refractivity contribution is 0.0943. The van der Waals surface area contributed by atoms with Gasteiger partial charge in [0.15, 0.2) is 0 Å². The molecule has 194 valence electrons. The summed E-state index contributed by atoms with van der Waals surface area (Å²) >= 11 is 0. The lowest BCUT2D eigenvalue weighted by atomic mass is 10.0. The van der Waals surface area contributed by atoms with Crippen molar-refractivity contribution in [2.45, 2.75) is 0 Å². The molecule has 0 saturated carbocycles. The Kier molecular flexibility index (Phi) is 8.19. The standard InChI is InChI=1S/C32H24N6O2/c39-31(37-35-29(23-7-3-1-4-8-23)25-15-19-33-20-16-25)27-11-13-28(14-12-27)32(40)38-36-30(24-9-5-2-6-10-24)26-17-21-34-22-18-26/h1-22H,(H,37,39)(H,38,40)/b35-29+,36-30+. The Hall–Kier alpha value is -5.76. The molecule has 40 heavy (non-hydrogen) atoms. The summed E-state index contributed by atoms with van der Waals surface area (Å²) in [6.07, 6.45) is 6.68. The zero-order valence-electron chi connectivity index (χ0n) is 21.3. The van der Waals surface area contributed by atoms with E-state index in [0.717, 1.165) is 22.3 Å². The smallest absolute Gasteiger partial charge is 0.267 e. The summed E-state index contributed by atoms with van der Waals surface area (Å²) in [6.45, 7) is 0. The predicted molar refractivity (Wildman–Crippen MR) is 154 cm³/mol. The molecule has 0 aliphatic rings. The van der Waals surface area contributed by atoms with Crippen molar-refractivity contribution in [3.05, 3.63) is 167 Å². The summed E-state index contributed by atoms with van der Waals surface area (Å²) < 4.78 is 0. The van der Waals surface area contributed by atoms with Crippen molar-refractivity contribution in [1.29, 1.82) is 0 Å². The molecular formula is C32H24N6O2. The molecule has 8 nitrogen and oxygen atoms in total. The minimum atomic E-state index is -0.406. The number of pyridine rings is 2. The molecule has 2 aromatic heterocycles. The van der Waals surface area contributed by atoms with Gasteiger partial charge in [-0.15, -0.1) is 0 Å². The Labute approximate surface area is 231 Å². The van der Waals surface area contributed by atoms with E-state index in [1.807, 2.05) is 84.9 Å². The van der Waals surface area contributed by atoms with E-state index in [9.17, 15) is 9.59 Å². The predicted octanol–water partition coefficient (Wildman–Crippen LogP) is 4.84. The van der Waals surface area contributed by atoms with Crippen LogP contribution < -0.4 is 10.9 Å². The number of carbonyl (C=O) groups is 2. The van der Waals surface area contributed by atoms with Crippen molar-refractivity contribution in [2.24, 2.45) is 10.2 Å². The Morgan fingerprint density at radius 2 is 0.750 bits per heavy atom. The molecule has 2 amide bonds. The molecule has 0 spiro atoms. The highest BCUT2D eigenvalue weighted by Gasteiger charge is 2.12. The summed E-state index contributed by atoms with van der Waals surface area (Å²) in [5.74, 6) is -0.812. The quantitative estimate of drug-likeness (QED) is 0.224. The number of hydrogen-bond donors (Lipinski definition) is 2. The lowest BCUT2D eigenvalue weighted by Crippen LogP contribution is -2.22. The average molecular weight is 525 g/mol. The second-order valence-electron chi connectivity index (χ2n) is 8.58. The molecule has 0 fully saturated rings. The Morgan fingerprint density at radius 1 is 0.425 bits per heavy atom. The van der Waals surface area contributed by atoms with Crippen LogP contribution in [0, 0.1) is 0 Å². The van der Waals surface area contributed by atoms with E-state index in [4.69, 9.17) is 0 Å². The molecule has 0 radical (unpaired) electrons. The molecule has 0 aliphatic heterocycles. The van der Waals surface area contributed by atoms with Gasteiger partial charge in [0.05, 0.1) is 11.4 Å². The van der Waals surface area contributed by atoms with Crippen molar-refractivity contribution in [2.75, 3.05) is 0 Å². The van der Waals surface area contributed by atoms with Gasteiger partial charge in [0, 0.05) is 58.2 Å². The van der Waals surface area contributed by atoms with Gasteiger partial charge in [0.2, 0.25) is 0 Å². The number of carbonyl (C=O) groups excluding carboxylic acids is 2. The van der Waals surface area contributed by atoms with Gasteiger partial charge in [-0.1, -0.05) is 60.7 Å². The zero-order chi connectivity index (χ0) is 27.6. The van der Waals surface area contributed by atoms with Crippen LogP contribution in [0.5, 0.6) is 0 Å². The van der Waals surface area contributed by atoms with Crippen molar-refractivity contribution in [3.8, 4) is 0 Å². The number of hydrazone groups is 2. The van der Waals surface area contributed by atoms with Gasteiger partial charge in [-0.25, -0.2) is 10.9 Å². The first-order chi connectivity index (χ1) is 19.7. The fourth-order valence-electron chi connectivity index (χ4n) is 3.92. The molecule has 0 aliphatic carbocycles. The first-order valence-corrected chi connectivity index (χ1v) is 12.5. The van der Waals surface area contributed by atoms with E-state index < -0.39 is 11.8 Å². The third-order valence-corrected chi connectivity index (χ3v) is 5.95. The van der Waals surface area contributed by atoms with E-state index >= 15 is 0 Å². The van der Waals surface area contributed by atoms with Gasteiger partial charge in [0.1, 0.15) is 0 Å². The summed E-state index contributed by atoms with van der Waals surface area (Å²) in [7, 11) is 0. The maximum atomic E-state index is 12.9. The third-order valence-electron chi connectivity index (χ3n) is 5.95. The number of nitrogens with zero attached hydrogens (tertiary/aromatic N) is 4. The topological polar surface area (TPSA) is 109 Å². The highest BCUT2D eigenvalue weighted by molar-refractivity contribution is 6.14. The van der Waals surface area contributed by atoms with Crippen LogP contribution in [0.2, 0.25) is 0 Å². The minimum Gasteiger partial charge on any atom is -0.267 e. The molecule has 3 aromatic carbocycles. The van der Waals surface area contributed by atoms with Crippen LogP contribution in [0.1, 0.15) is 43.0 Å². The fourth-order valence-corrected chi connectivity index (χ4v) is 3.92. The van der Waals surface area contributed by atoms with E-state index in [2.05, 4.69) is 31.0 Å². The van der Waals surface area contributed by atoms with E-state index in [1.165, 1.54) is 0 Å². The summed E-state index contributed by atoms with van der Waals surface area (Å²) in [6, 6.07) is 32.7. The number of hydrogen-bond acceptors (Lipinski definition) is 6. The van der Waals surface area contributed by atoms with Crippen molar-refractivity contribution in [3.63, 3.8) is 0 Å². The van der Waals surface area contributed by atoms with Crippen LogP contribution in [0.4, 0.5) is 0 Å². The Balaban J connectivity index is 1.30. The molecule has 0 atom stereocenters. The van der Waals surface area contributed by atoms with Crippen LogP contribution in [-0.4, -0.2) is 33.2 Å². The Bertz CT molecular complexity index is 1430. The molecule has 5 aromatic rings. The monoisotopic (exact) mass is 524 g/mol. The third kappa shape index (κ3) is 6.38. The van der Waals surface area contributed by atoms with Gasteiger partial charge >= 0.3 is 0 Å². The van der Waals surface area contributed by atoms with E-state index in [1.54, 1.807) is 49.1 Å². The van der Waals surface area contributed by atoms with Crippen LogP contribution in [0.15, 0.2) is 144 Å². The number of amides is 2. The highest BCUT2D eigenvalue weighted by atomic mass is 16.2. The number of benzene rings is 3. The number of aromatic nitrogens is 2. The van der Waals surface area contributed by atoms with Crippen LogP contribution in [0.25, 0.3) is 0 Å². The lowest BCUT2D eigenvalue weighted by Gasteiger charge is -2.09. The maximum Gasteiger partial charge on any atom is 0.271 e. The van der Waals surface area contributed by atoms with Crippen LogP contribution in [-0.2, 0) is 0 Å². The maximum absolute atomic E-state index is 12.9. The second kappa shape index (κ2) is 12.7. The molecule has 0 bridgehead atoms. The molecule has 2 N–H and O–H groups in total. The largest absolute Gasteiger partial charge is 0.271 e. The number of nitrogens with one attached hydrogen (secondary N) is 2. The first-order valence-electron chi connectivity index (χ1n) is 12.5. The SMILES string of the molecule is O=C(N/N=C(\c1ccccc1)c1ccncc1)c1ccc(C(=O)N/N=C(\c2ccccc2)c2ccncc2)cc1. The molecule has 8 heteroatoms. The molecule has 2 heterocycles. The minimum absolute atomic E-state index is 0.354. The van der Waals surface area contributed by atoms with Crippen LogP contribution >= 0.6 is 0 Å². The van der Waals surface area contributed by atoms with Crippen molar-refractivity contribution in [1.82, 2.24) is 20.8 Å². The van der Waals surface area contributed by atoms with Gasteiger partial charge < -0.3 is 0 Å². The van der Waals surface area contributed by atoms with E-state index in [-0.39, 0.29) is 0 Å². The molecule has 0 saturated heterocycles. The number of rotatable bonds is 8. The van der Waals surface area contributed by atoms with Gasteiger partial charge in [-0.05, 0) is 48.5 Å². The van der Waals surface area contributed by atoms with E-state index in [0.29, 0.717) is 22.6 Å². The fraction of sp³-hybridized carbons (Fsp3) is 0. The highest BCUT2D eigenvalue weighted by Crippen LogP contribution is 2.12. The molecule has 0 unspecified atom stereocenters. The van der Waals surface area contributed by atoms with Gasteiger partial charge in [0.25, 0.3) is 11.8 Å². The molecule has 5 rings (SSSR count). The summed E-state index contributed by atoms with van der Waals surface area (Å²) in [5, 5.41) is 8.78. The summed E-state index contributed by atoms with van der Waals surface area (Å²) in [4.78, 5) is 33.8. The van der Waals surface area contributed by atoms with Crippen molar-refractivity contribution < 1.29 is 9.59 Å². The molecular weight excluding hydrogens is 500 g/mol. The summed E-state index contributed by atoms with van der Waals surface area (Å²) in [5.41, 5.74) is 10.5. The average Bonchev–Trinajstić information content (AvgIpc) is 3.03. The van der Waals surface area contributed by atoms with Crippen LogP contribution in [0.3, 0.4) is 0 Å². The second-order valence-corrected chi connectivity index (χ2v) is 8.58. The first kappa shape index (κ1) is 25.9. The van der Waals surface area contributed by atoms with Gasteiger partial charge in [-0.2, -0.15) is 10.2 Å².